The van der Waals surface area contributed by atoms with E-state index in [1.54, 1.807) is 6.92 Å². The summed E-state index contributed by atoms with van der Waals surface area (Å²) in [5.74, 6) is -0.424. The number of rotatable bonds is 4. The summed E-state index contributed by atoms with van der Waals surface area (Å²) in [5.41, 5.74) is 0.456. The van der Waals surface area contributed by atoms with Gasteiger partial charge < -0.3 is 14.8 Å². The molecule has 2 rings (SSSR count). The summed E-state index contributed by atoms with van der Waals surface area (Å²) in [6.07, 6.45) is 0. The number of halogens is 1. The molecule has 1 N–H and O–H groups in total. The zero-order valence-electron chi connectivity index (χ0n) is 11.2. The van der Waals surface area contributed by atoms with Gasteiger partial charge >= 0.3 is 5.97 Å². The van der Waals surface area contributed by atoms with Crippen molar-refractivity contribution in [1.82, 2.24) is 4.98 Å². The number of carbonyl (C=O) groups is 1. The summed E-state index contributed by atoms with van der Waals surface area (Å²) >= 11 is 1.24. The maximum absolute atomic E-state index is 13.7. The highest BCUT2D eigenvalue weighted by atomic mass is 32.1. The van der Waals surface area contributed by atoms with Crippen molar-refractivity contribution in [2.45, 2.75) is 6.92 Å². The SMILES string of the molecule is COC(=O)c1nc(Nc2cc(OC)ccc2F)sc1C. The van der Waals surface area contributed by atoms with Crippen molar-refractivity contribution in [3.05, 3.63) is 34.6 Å². The number of hydrogen-bond acceptors (Lipinski definition) is 6. The van der Waals surface area contributed by atoms with Crippen LogP contribution in [-0.4, -0.2) is 25.2 Å². The quantitative estimate of drug-likeness (QED) is 0.878. The molecule has 0 saturated heterocycles. The van der Waals surface area contributed by atoms with Crippen LogP contribution in [0.2, 0.25) is 0 Å². The number of aromatic nitrogens is 1. The predicted molar refractivity (Wildman–Crippen MR) is 74.4 cm³/mol. The summed E-state index contributed by atoms with van der Waals surface area (Å²) in [5, 5.41) is 3.24. The standard InChI is InChI=1S/C13H13FN2O3S/c1-7-11(12(17)19-3)16-13(20-7)15-10-6-8(18-2)4-5-9(10)14/h4-6H,1-3H3,(H,15,16). The van der Waals surface area contributed by atoms with E-state index in [1.165, 1.54) is 43.8 Å². The van der Waals surface area contributed by atoms with Crippen LogP contribution in [0.25, 0.3) is 0 Å². The molecule has 0 saturated carbocycles. The highest BCUT2D eigenvalue weighted by Crippen LogP contribution is 2.29. The third-order valence-electron chi connectivity index (χ3n) is 2.59. The molecule has 1 aromatic carbocycles. The van der Waals surface area contributed by atoms with Crippen LogP contribution in [0.15, 0.2) is 18.2 Å². The average Bonchev–Trinajstić information content (AvgIpc) is 2.81. The van der Waals surface area contributed by atoms with Gasteiger partial charge in [-0.2, -0.15) is 0 Å². The Morgan fingerprint density at radius 3 is 2.80 bits per heavy atom. The molecule has 0 aliphatic heterocycles. The molecule has 0 aliphatic rings. The Kier molecular flexibility index (Phi) is 4.19. The molecule has 20 heavy (non-hydrogen) atoms. The number of nitrogens with zero attached hydrogens (tertiary/aromatic N) is 1. The molecule has 0 amide bonds. The molecule has 0 bridgehead atoms. The van der Waals surface area contributed by atoms with Gasteiger partial charge in [0.1, 0.15) is 11.6 Å². The highest BCUT2D eigenvalue weighted by Gasteiger charge is 2.16. The van der Waals surface area contributed by atoms with E-state index in [-0.39, 0.29) is 11.4 Å². The van der Waals surface area contributed by atoms with Crippen LogP contribution in [0.1, 0.15) is 15.4 Å². The maximum Gasteiger partial charge on any atom is 0.357 e. The largest absolute Gasteiger partial charge is 0.497 e. The number of hydrogen-bond donors (Lipinski definition) is 1. The molecule has 0 unspecified atom stereocenters. The van der Waals surface area contributed by atoms with Crippen molar-refractivity contribution in [3.8, 4) is 5.75 Å². The second-order valence-corrected chi connectivity index (χ2v) is 5.09. The fourth-order valence-electron chi connectivity index (χ4n) is 1.58. The van der Waals surface area contributed by atoms with E-state index in [1.807, 2.05) is 0 Å². The van der Waals surface area contributed by atoms with E-state index >= 15 is 0 Å². The van der Waals surface area contributed by atoms with Crippen molar-refractivity contribution in [2.75, 3.05) is 19.5 Å². The van der Waals surface area contributed by atoms with Crippen LogP contribution in [0, 0.1) is 12.7 Å². The summed E-state index contributed by atoms with van der Waals surface area (Å²) < 4.78 is 23.3. The van der Waals surface area contributed by atoms with E-state index in [4.69, 9.17) is 4.74 Å². The number of nitrogens with one attached hydrogen (secondary N) is 1. The lowest BCUT2D eigenvalue weighted by atomic mass is 10.3. The molecule has 106 valence electrons. The van der Waals surface area contributed by atoms with Gasteiger partial charge in [0.05, 0.1) is 19.9 Å². The monoisotopic (exact) mass is 296 g/mol. The van der Waals surface area contributed by atoms with Crippen LogP contribution >= 0.6 is 11.3 Å². The van der Waals surface area contributed by atoms with Crippen LogP contribution in [0.3, 0.4) is 0 Å². The van der Waals surface area contributed by atoms with E-state index in [0.29, 0.717) is 15.8 Å². The second kappa shape index (κ2) is 5.87. The lowest BCUT2D eigenvalue weighted by Gasteiger charge is -2.06. The fraction of sp³-hybridized carbons (Fsp3) is 0.231. The molecule has 2 aromatic rings. The number of carbonyl (C=O) groups excluding carboxylic acids is 1. The molecular weight excluding hydrogens is 283 g/mol. The van der Waals surface area contributed by atoms with E-state index in [0.717, 1.165) is 0 Å². The first-order valence-corrected chi connectivity index (χ1v) is 6.53. The lowest BCUT2D eigenvalue weighted by molar-refractivity contribution is 0.0594. The Bertz CT molecular complexity index is 643. The summed E-state index contributed by atoms with van der Waals surface area (Å²) in [6, 6.07) is 4.33. The van der Waals surface area contributed by atoms with Crippen molar-refractivity contribution in [1.29, 1.82) is 0 Å². The van der Waals surface area contributed by atoms with Crippen molar-refractivity contribution >= 4 is 28.1 Å². The van der Waals surface area contributed by atoms with E-state index < -0.39 is 11.8 Å². The Morgan fingerprint density at radius 1 is 1.40 bits per heavy atom. The molecule has 0 spiro atoms. The molecule has 0 atom stereocenters. The number of anilines is 2. The molecule has 1 aromatic heterocycles. The van der Waals surface area contributed by atoms with Gasteiger partial charge in [-0.15, -0.1) is 11.3 Å². The summed E-state index contributed by atoms with van der Waals surface area (Å²) in [4.78, 5) is 16.3. The smallest absolute Gasteiger partial charge is 0.357 e. The first kappa shape index (κ1) is 14.3. The number of methoxy groups -OCH3 is 2. The maximum atomic E-state index is 13.7. The molecule has 7 heteroatoms. The van der Waals surface area contributed by atoms with Crippen molar-refractivity contribution < 1.29 is 18.7 Å². The summed E-state index contributed by atoms with van der Waals surface area (Å²) in [6.45, 7) is 1.75. The van der Waals surface area contributed by atoms with Gasteiger partial charge in [-0.05, 0) is 19.1 Å². The third kappa shape index (κ3) is 2.88. The van der Waals surface area contributed by atoms with Crippen molar-refractivity contribution in [2.24, 2.45) is 0 Å². The minimum atomic E-state index is -0.516. The number of aryl methyl sites for hydroxylation is 1. The topological polar surface area (TPSA) is 60.5 Å². The van der Waals surface area contributed by atoms with Gasteiger partial charge in [0.2, 0.25) is 0 Å². The third-order valence-corrected chi connectivity index (χ3v) is 3.48. The van der Waals surface area contributed by atoms with Crippen molar-refractivity contribution in [3.63, 3.8) is 0 Å². The molecule has 5 nitrogen and oxygen atoms in total. The number of benzene rings is 1. The van der Waals surface area contributed by atoms with Crippen LogP contribution in [0.5, 0.6) is 5.75 Å². The first-order valence-electron chi connectivity index (χ1n) is 5.71. The Balaban J connectivity index is 2.28. The number of ether oxygens (including phenoxy) is 2. The second-order valence-electron chi connectivity index (χ2n) is 3.89. The molecule has 0 fully saturated rings. The van der Waals surface area contributed by atoms with Crippen LogP contribution in [0.4, 0.5) is 15.2 Å². The van der Waals surface area contributed by atoms with Gasteiger partial charge in [-0.3, -0.25) is 0 Å². The zero-order chi connectivity index (χ0) is 14.7. The number of esters is 1. The van der Waals surface area contributed by atoms with Gasteiger partial charge in [-0.25, -0.2) is 14.2 Å². The van der Waals surface area contributed by atoms with Crippen LogP contribution < -0.4 is 10.1 Å². The number of thiazole rings is 1. The fourth-order valence-corrected chi connectivity index (χ4v) is 2.39. The zero-order valence-corrected chi connectivity index (χ0v) is 12.0. The first-order chi connectivity index (χ1) is 9.55. The van der Waals surface area contributed by atoms with Gasteiger partial charge in [-0.1, -0.05) is 0 Å². The molecule has 1 heterocycles. The van der Waals surface area contributed by atoms with E-state index in [9.17, 15) is 9.18 Å². The highest BCUT2D eigenvalue weighted by molar-refractivity contribution is 7.15. The predicted octanol–water partition coefficient (Wildman–Crippen LogP) is 3.13. The molecule has 0 aliphatic carbocycles. The summed E-state index contributed by atoms with van der Waals surface area (Å²) in [7, 11) is 2.79. The Hall–Kier alpha value is -2.15. The molecular formula is C13H13FN2O3S. The molecule has 0 radical (unpaired) electrons. The van der Waals surface area contributed by atoms with Crippen LogP contribution in [-0.2, 0) is 4.74 Å². The Morgan fingerprint density at radius 2 is 2.15 bits per heavy atom. The normalized spacial score (nSPS) is 10.2. The minimum absolute atomic E-state index is 0.225. The van der Waals surface area contributed by atoms with Gasteiger partial charge in [0.25, 0.3) is 0 Å². The minimum Gasteiger partial charge on any atom is -0.497 e. The van der Waals surface area contributed by atoms with Gasteiger partial charge in [0, 0.05) is 10.9 Å². The lowest BCUT2D eigenvalue weighted by Crippen LogP contribution is -2.03. The Labute approximate surface area is 119 Å². The van der Waals surface area contributed by atoms with Gasteiger partial charge in [0.15, 0.2) is 10.8 Å². The van der Waals surface area contributed by atoms with E-state index in [2.05, 4.69) is 15.0 Å². The average molecular weight is 296 g/mol.